The fourth-order valence-corrected chi connectivity index (χ4v) is 4.28. The topological polar surface area (TPSA) is 79.2 Å². The van der Waals surface area contributed by atoms with Gasteiger partial charge in [0.25, 0.3) is 5.12 Å². The fraction of sp³-hybridized carbons (Fsp3) is 1.00. The zero-order valence-corrected chi connectivity index (χ0v) is 8.42. The van der Waals surface area contributed by atoms with Crippen molar-refractivity contribution in [3.05, 3.63) is 0 Å². The van der Waals surface area contributed by atoms with Crippen LogP contribution in [-0.2, 0) is 9.47 Å². The average molecular weight is 226 g/mol. The molecule has 2 rings (SSSR count). The standard InChI is InChI=1S/C6H10O5S2/c1-10-6-4(9)2(7)3(8)5(11-6)12-13-6/h2-5,7-9H,1H3/t2-,3+,4-,5?,6+/m1/s1. The third-order valence-electron chi connectivity index (χ3n) is 2.14. The molecule has 0 amide bonds. The quantitative estimate of drug-likeness (QED) is 0.501. The lowest BCUT2D eigenvalue weighted by molar-refractivity contribution is -0.287. The van der Waals surface area contributed by atoms with Gasteiger partial charge in [-0.3, -0.25) is 0 Å². The summed E-state index contributed by atoms with van der Waals surface area (Å²) in [6, 6.07) is 0. The number of hydrogen-bond donors (Lipinski definition) is 3. The van der Waals surface area contributed by atoms with Crippen molar-refractivity contribution < 1.29 is 24.8 Å². The number of hydrogen-bond acceptors (Lipinski definition) is 7. The minimum absolute atomic E-state index is 0.539. The molecule has 3 N–H and O–H groups in total. The Bertz CT molecular complexity index is 215. The molecule has 0 aromatic carbocycles. The van der Waals surface area contributed by atoms with Gasteiger partial charge in [-0.25, -0.2) is 0 Å². The molecule has 2 bridgehead atoms. The van der Waals surface area contributed by atoms with Crippen LogP contribution in [0.1, 0.15) is 0 Å². The fourth-order valence-electron chi connectivity index (χ4n) is 1.32. The maximum atomic E-state index is 9.59. The van der Waals surface area contributed by atoms with Gasteiger partial charge in [0, 0.05) is 7.11 Å². The first kappa shape index (κ1) is 10.0. The van der Waals surface area contributed by atoms with E-state index in [1.54, 1.807) is 0 Å². The summed E-state index contributed by atoms with van der Waals surface area (Å²) >= 11 is 0. The Hall–Kier alpha value is 0.500. The molecule has 0 radical (unpaired) electrons. The normalized spacial score (nSPS) is 55.4. The second kappa shape index (κ2) is 3.27. The van der Waals surface area contributed by atoms with Crippen molar-refractivity contribution in [3.8, 4) is 0 Å². The van der Waals surface area contributed by atoms with Gasteiger partial charge in [-0.2, -0.15) is 0 Å². The second-order valence-corrected chi connectivity index (χ2v) is 5.37. The van der Waals surface area contributed by atoms with Gasteiger partial charge in [0.15, 0.2) is 0 Å². The van der Waals surface area contributed by atoms with E-state index >= 15 is 0 Å². The highest BCUT2D eigenvalue weighted by molar-refractivity contribution is 8.77. The Labute approximate surface area is 82.8 Å². The molecule has 0 aromatic rings. The number of fused-ring (bicyclic) bond motifs is 2. The molecule has 1 unspecified atom stereocenters. The van der Waals surface area contributed by atoms with Gasteiger partial charge in [0.1, 0.15) is 23.7 Å². The summed E-state index contributed by atoms with van der Waals surface area (Å²) in [6.45, 7) is 0. The van der Waals surface area contributed by atoms with Crippen molar-refractivity contribution in [1.82, 2.24) is 0 Å². The molecule has 76 valence electrons. The van der Waals surface area contributed by atoms with Crippen LogP contribution in [0, 0.1) is 0 Å². The maximum absolute atomic E-state index is 9.59. The summed E-state index contributed by atoms with van der Waals surface area (Å²) in [7, 11) is 3.82. The predicted octanol–water partition coefficient (Wildman–Crippen LogP) is -0.879. The first-order valence-corrected chi connectivity index (χ1v) is 5.93. The Morgan fingerprint density at radius 1 is 1.31 bits per heavy atom. The van der Waals surface area contributed by atoms with Crippen LogP contribution in [0.15, 0.2) is 0 Å². The van der Waals surface area contributed by atoms with Gasteiger partial charge in [0.2, 0.25) is 0 Å². The smallest absolute Gasteiger partial charge is 0.259 e. The molecule has 5 atom stereocenters. The molecule has 2 heterocycles. The molecule has 0 aliphatic carbocycles. The van der Waals surface area contributed by atoms with Gasteiger partial charge < -0.3 is 24.8 Å². The van der Waals surface area contributed by atoms with Crippen LogP contribution in [-0.4, -0.2) is 51.3 Å². The Morgan fingerprint density at radius 3 is 2.62 bits per heavy atom. The number of methoxy groups -OCH3 is 1. The van der Waals surface area contributed by atoms with Gasteiger partial charge in [-0.05, 0) is 10.8 Å². The van der Waals surface area contributed by atoms with Crippen LogP contribution in [0.5, 0.6) is 0 Å². The average Bonchev–Trinajstić information content (AvgIpc) is 2.55. The van der Waals surface area contributed by atoms with E-state index in [2.05, 4.69) is 0 Å². The van der Waals surface area contributed by atoms with Crippen molar-refractivity contribution >= 4 is 21.6 Å². The lowest BCUT2D eigenvalue weighted by atomic mass is 10.1. The molecule has 0 aromatic heterocycles. The van der Waals surface area contributed by atoms with Crippen LogP contribution >= 0.6 is 21.6 Å². The van der Waals surface area contributed by atoms with E-state index in [1.165, 1.54) is 28.7 Å². The third-order valence-corrected chi connectivity index (χ3v) is 5.09. The number of aliphatic hydroxyl groups excluding tert-OH is 3. The van der Waals surface area contributed by atoms with E-state index in [9.17, 15) is 15.3 Å². The van der Waals surface area contributed by atoms with Crippen LogP contribution in [0.25, 0.3) is 0 Å². The minimum atomic E-state index is -1.23. The summed E-state index contributed by atoms with van der Waals surface area (Å²) in [5, 5.41) is 27.2. The molecule has 13 heavy (non-hydrogen) atoms. The molecule has 2 aliphatic rings. The lowest BCUT2D eigenvalue weighted by Gasteiger charge is -2.39. The Morgan fingerprint density at radius 2 is 2.00 bits per heavy atom. The van der Waals surface area contributed by atoms with Gasteiger partial charge in [-0.1, -0.05) is 10.8 Å². The van der Waals surface area contributed by atoms with Crippen LogP contribution < -0.4 is 0 Å². The zero-order chi connectivity index (χ0) is 9.64. The zero-order valence-electron chi connectivity index (χ0n) is 6.78. The largest absolute Gasteiger partial charge is 0.387 e. The van der Waals surface area contributed by atoms with E-state index in [1.807, 2.05) is 0 Å². The van der Waals surface area contributed by atoms with Crippen LogP contribution in [0.3, 0.4) is 0 Å². The molecule has 2 saturated heterocycles. The summed E-state index contributed by atoms with van der Waals surface area (Å²) in [4.78, 5) is 0. The first-order valence-electron chi connectivity index (χ1n) is 3.72. The van der Waals surface area contributed by atoms with Gasteiger partial charge in [-0.15, -0.1) is 0 Å². The highest BCUT2D eigenvalue weighted by Gasteiger charge is 2.60. The van der Waals surface area contributed by atoms with Crippen LogP contribution in [0.2, 0.25) is 0 Å². The lowest BCUT2D eigenvalue weighted by Crippen LogP contribution is -2.59. The molecule has 2 fully saturated rings. The van der Waals surface area contributed by atoms with E-state index in [0.29, 0.717) is 0 Å². The molecule has 7 heteroatoms. The number of ether oxygens (including phenoxy) is 2. The minimum Gasteiger partial charge on any atom is -0.387 e. The molecular formula is C6H10O5S2. The SMILES string of the molecule is CO[C@@]12OC(SS1)[C@@H](O)[C@@H](O)[C@H]2O. The highest BCUT2D eigenvalue weighted by Crippen LogP contribution is 2.56. The second-order valence-electron chi connectivity index (χ2n) is 2.90. The summed E-state index contributed by atoms with van der Waals surface area (Å²) < 4.78 is 10.3. The molecular weight excluding hydrogens is 216 g/mol. The van der Waals surface area contributed by atoms with Gasteiger partial charge >= 0.3 is 0 Å². The van der Waals surface area contributed by atoms with E-state index in [4.69, 9.17) is 9.47 Å². The van der Waals surface area contributed by atoms with Crippen molar-refractivity contribution in [2.75, 3.05) is 7.11 Å². The van der Waals surface area contributed by atoms with Crippen molar-refractivity contribution in [2.24, 2.45) is 0 Å². The summed E-state index contributed by atoms with van der Waals surface area (Å²) in [5.41, 5.74) is -0.539. The number of aliphatic hydroxyl groups is 3. The Kier molecular flexibility index (Phi) is 2.52. The van der Waals surface area contributed by atoms with E-state index in [0.717, 1.165) is 0 Å². The predicted molar refractivity (Wildman–Crippen MR) is 47.8 cm³/mol. The molecule has 0 spiro atoms. The summed E-state index contributed by atoms with van der Waals surface area (Å²) in [5.74, 6) is 0. The molecule has 2 aliphatic heterocycles. The van der Waals surface area contributed by atoms with Crippen molar-refractivity contribution in [2.45, 2.75) is 28.9 Å². The van der Waals surface area contributed by atoms with Crippen molar-refractivity contribution in [3.63, 3.8) is 0 Å². The van der Waals surface area contributed by atoms with Crippen LogP contribution in [0.4, 0.5) is 0 Å². The third kappa shape index (κ3) is 1.30. The van der Waals surface area contributed by atoms with Crippen molar-refractivity contribution in [1.29, 1.82) is 0 Å². The highest BCUT2D eigenvalue weighted by atomic mass is 33.1. The monoisotopic (exact) mass is 226 g/mol. The van der Waals surface area contributed by atoms with E-state index in [-0.39, 0.29) is 0 Å². The van der Waals surface area contributed by atoms with E-state index < -0.39 is 28.9 Å². The maximum Gasteiger partial charge on any atom is 0.259 e. The summed E-state index contributed by atoms with van der Waals surface area (Å²) in [6.07, 6.45) is -3.52. The molecule has 0 saturated carbocycles. The van der Waals surface area contributed by atoms with Gasteiger partial charge in [0.05, 0.1) is 0 Å². The Balaban J connectivity index is 2.25. The first-order chi connectivity index (χ1) is 6.10. The number of rotatable bonds is 1. The molecule has 5 nitrogen and oxygen atoms in total.